The third-order valence-electron chi connectivity index (χ3n) is 5.95. The fourth-order valence-corrected chi connectivity index (χ4v) is 4.80. The van der Waals surface area contributed by atoms with E-state index in [9.17, 15) is 4.79 Å². The van der Waals surface area contributed by atoms with Crippen LogP contribution >= 0.6 is 11.3 Å². The Hall–Kier alpha value is -4.30. The van der Waals surface area contributed by atoms with Crippen LogP contribution in [0.3, 0.4) is 0 Å². The van der Waals surface area contributed by atoms with Crippen LogP contribution in [0.2, 0.25) is 0 Å². The zero-order valence-electron chi connectivity index (χ0n) is 20.1. The van der Waals surface area contributed by atoms with Gasteiger partial charge in [-0.05, 0) is 71.2 Å². The number of carbonyl (C=O) groups is 1. The zero-order valence-corrected chi connectivity index (χ0v) is 20.9. The largest absolute Gasteiger partial charge is 0.335 e. The Morgan fingerprint density at radius 3 is 2.86 bits per heavy atom. The van der Waals surface area contributed by atoms with Crippen LogP contribution in [0.25, 0.3) is 50.2 Å². The van der Waals surface area contributed by atoms with Gasteiger partial charge in [0.25, 0.3) is 0 Å². The number of aromatic amines is 2. The van der Waals surface area contributed by atoms with Crippen LogP contribution in [0.1, 0.15) is 32.3 Å². The van der Waals surface area contributed by atoms with Gasteiger partial charge in [0, 0.05) is 29.3 Å². The zero-order chi connectivity index (χ0) is 25.1. The van der Waals surface area contributed by atoms with Crippen LogP contribution in [0.5, 0.6) is 0 Å². The van der Waals surface area contributed by atoms with Gasteiger partial charge < -0.3 is 10.3 Å². The highest BCUT2D eigenvalue weighted by molar-refractivity contribution is 7.08. The van der Waals surface area contributed by atoms with Crippen molar-refractivity contribution in [1.29, 1.82) is 0 Å². The number of aromatic nitrogens is 5. The van der Waals surface area contributed by atoms with Crippen molar-refractivity contribution < 1.29 is 4.79 Å². The SMILES string of the molecule is C=C/C(=C\C(=C/C)c1ccc2[nH]nc(-c3nc4c(-c5ccsc5)cncc4[nH]3)c2c1)NC(=O)CCC. The highest BCUT2D eigenvalue weighted by Crippen LogP contribution is 2.32. The summed E-state index contributed by atoms with van der Waals surface area (Å²) in [6.07, 6.45) is 10.5. The molecule has 0 radical (unpaired) electrons. The Balaban J connectivity index is 1.54. The third-order valence-corrected chi connectivity index (χ3v) is 6.63. The van der Waals surface area contributed by atoms with Crippen LogP contribution in [-0.4, -0.2) is 31.1 Å². The van der Waals surface area contributed by atoms with Gasteiger partial charge in [-0.25, -0.2) is 4.98 Å². The van der Waals surface area contributed by atoms with Gasteiger partial charge in [0.05, 0.1) is 17.2 Å². The molecule has 0 bridgehead atoms. The smallest absolute Gasteiger partial charge is 0.224 e. The minimum absolute atomic E-state index is 0.0205. The minimum atomic E-state index is -0.0205. The maximum atomic E-state index is 12.1. The summed E-state index contributed by atoms with van der Waals surface area (Å²) < 4.78 is 0. The average molecular weight is 495 g/mol. The summed E-state index contributed by atoms with van der Waals surface area (Å²) in [4.78, 5) is 24.8. The molecule has 0 unspecified atom stereocenters. The molecule has 0 saturated heterocycles. The number of rotatable bonds is 8. The number of imidazole rings is 1. The molecule has 4 aromatic heterocycles. The normalized spacial score (nSPS) is 12.4. The number of H-pyrrole nitrogens is 2. The topological polar surface area (TPSA) is 99.3 Å². The van der Waals surface area contributed by atoms with Gasteiger partial charge in [0.1, 0.15) is 11.2 Å². The van der Waals surface area contributed by atoms with E-state index < -0.39 is 0 Å². The van der Waals surface area contributed by atoms with Gasteiger partial charge in [-0.15, -0.1) is 0 Å². The van der Waals surface area contributed by atoms with Crippen LogP contribution in [0, 0.1) is 0 Å². The maximum Gasteiger partial charge on any atom is 0.224 e. The molecule has 0 saturated carbocycles. The molecule has 0 atom stereocenters. The van der Waals surface area contributed by atoms with E-state index in [1.54, 1.807) is 23.6 Å². The van der Waals surface area contributed by atoms with E-state index >= 15 is 0 Å². The minimum Gasteiger partial charge on any atom is -0.335 e. The monoisotopic (exact) mass is 494 g/mol. The molecule has 1 amide bonds. The van der Waals surface area contributed by atoms with E-state index in [1.165, 1.54) is 0 Å². The van der Waals surface area contributed by atoms with Crippen molar-refractivity contribution >= 4 is 44.8 Å². The first-order valence-corrected chi connectivity index (χ1v) is 12.7. The van der Waals surface area contributed by atoms with Gasteiger partial charge >= 0.3 is 0 Å². The van der Waals surface area contributed by atoms with E-state index in [4.69, 9.17) is 4.98 Å². The number of thiophene rings is 1. The molecule has 0 aliphatic carbocycles. The lowest BCUT2D eigenvalue weighted by atomic mass is 10.0. The molecular weight excluding hydrogens is 468 g/mol. The fourth-order valence-electron chi connectivity index (χ4n) is 4.15. The standard InChI is InChI=1S/C28H26N6OS/c1-4-7-25(35)30-20(6-3)12-17(5-2)18-8-9-23-21(13-18)27(34-33-23)28-31-24-15-29-14-22(26(24)32-28)19-10-11-36-16-19/h5-6,8-16H,3-4,7H2,1-2H3,(H,30,35)(H,31,32)(H,33,34)/b17-5+,20-12+. The molecule has 5 rings (SSSR count). The second kappa shape index (κ2) is 10.1. The number of pyridine rings is 1. The molecule has 5 aromatic rings. The van der Waals surface area contributed by atoms with E-state index in [0.717, 1.165) is 56.3 Å². The van der Waals surface area contributed by atoms with Crippen LogP contribution in [0.4, 0.5) is 0 Å². The number of nitrogens with zero attached hydrogens (tertiary/aromatic N) is 3. The van der Waals surface area contributed by atoms with Gasteiger partial charge in [-0.2, -0.15) is 16.4 Å². The lowest BCUT2D eigenvalue weighted by molar-refractivity contribution is -0.120. The van der Waals surface area contributed by atoms with Crippen LogP contribution in [-0.2, 0) is 4.79 Å². The van der Waals surface area contributed by atoms with Crippen LogP contribution < -0.4 is 5.32 Å². The molecule has 3 N–H and O–H groups in total. The Bertz CT molecular complexity index is 1620. The number of hydrogen-bond donors (Lipinski definition) is 3. The summed E-state index contributed by atoms with van der Waals surface area (Å²) in [6.45, 7) is 7.81. The van der Waals surface area contributed by atoms with E-state index in [1.807, 2.05) is 49.7 Å². The second-order valence-electron chi connectivity index (χ2n) is 8.36. The molecule has 0 spiro atoms. The molecule has 0 aliphatic rings. The molecule has 1 aromatic carbocycles. The highest BCUT2D eigenvalue weighted by Gasteiger charge is 2.16. The number of amides is 1. The third kappa shape index (κ3) is 4.50. The van der Waals surface area contributed by atoms with Gasteiger partial charge in [-0.3, -0.25) is 14.9 Å². The van der Waals surface area contributed by atoms with Crippen molar-refractivity contribution in [1.82, 2.24) is 30.5 Å². The summed E-state index contributed by atoms with van der Waals surface area (Å²) in [5, 5.41) is 15.7. The van der Waals surface area contributed by atoms with Gasteiger partial charge in [0.15, 0.2) is 5.82 Å². The van der Waals surface area contributed by atoms with Crippen molar-refractivity contribution in [2.45, 2.75) is 26.7 Å². The first-order valence-electron chi connectivity index (χ1n) is 11.8. The van der Waals surface area contributed by atoms with Crippen molar-refractivity contribution in [2.24, 2.45) is 0 Å². The molecule has 0 aliphatic heterocycles. The molecule has 4 heterocycles. The lowest BCUT2D eigenvalue weighted by Gasteiger charge is -2.08. The maximum absolute atomic E-state index is 12.1. The summed E-state index contributed by atoms with van der Waals surface area (Å²) in [6, 6.07) is 8.19. The summed E-state index contributed by atoms with van der Waals surface area (Å²) in [5.41, 5.74) is 8.07. The molecule has 8 heteroatoms. The van der Waals surface area contributed by atoms with E-state index in [2.05, 4.69) is 49.6 Å². The van der Waals surface area contributed by atoms with Crippen LogP contribution in [0.15, 0.2) is 77.9 Å². The average Bonchev–Trinajstić information content (AvgIpc) is 3.65. The van der Waals surface area contributed by atoms with Crippen molar-refractivity contribution in [3.63, 3.8) is 0 Å². The Morgan fingerprint density at radius 2 is 2.11 bits per heavy atom. The van der Waals surface area contributed by atoms with Crippen molar-refractivity contribution in [3.8, 4) is 22.6 Å². The summed E-state index contributed by atoms with van der Waals surface area (Å²) in [7, 11) is 0. The predicted molar refractivity (Wildman–Crippen MR) is 147 cm³/mol. The summed E-state index contributed by atoms with van der Waals surface area (Å²) in [5.74, 6) is 0.655. The quantitative estimate of drug-likeness (QED) is 0.211. The lowest BCUT2D eigenvalue weighted by Crippen LogP contribution is -2.21. The number of benzene rings is 1. The molecule has 36 heavy (non-hydrogen) atoms. The highest BCUT2D eigenvalue weighted by atomic mass is 32.1. The summed E-state index contributed by atoms with van der Waals surface area (Å²) >= 11 is 1.64. The number of nitrogens with one attached hydrogen (secondary N) is 3. The van der Waals surface area contributed by atoms with E-state index in [0.29, 0.717) is 17.9 Å². The molecule has 180 valence electrons. The Kier molecular flexibility index (Phi) is 6.60. The Morgan fingerprint density at radius 1 is 1.22 bits per heavy atom. The Labute approximate surface area is 212 Å². The fraction of sp³-hybridized carbons (Fsp3) is 0.143. The number of allylic oxidation sites excluding steroid dienone is 4. The first-order chi connectivity index (χ1) is 17.6. The molecular formula is C28H26N6OS. The van der Waals surface area contributed by atoms with E-state index in [-0.39, 0.29) is 5.91 Å². The van der Waals surface area contributed by atoms with Gasteiger partial charge in [0.2, 0.25) is 5.91 Å². The van der Waals surface area contributed by atoms with Crippen molar-refractivity contribution in [2.75, 3.05) is 0 Å². The second-order valence-corrected chi connectivity index (χ2v) is 9.14. The van der Waals surface area contributed by atoms with Gasteiger partial charge in [-0.1, -0.05) is 25.6 Å². The number of carbonyl (C=O) groups excluding carboxylic acids is 1. The number of fused-ring (bicyclic) bond motifs is 2. The first kappa shape index (κ1) is 23.4. The number of hydrogen-bond acceptors (Lipinski definition) is 5. The molecule has 0 fully saturated rings. The predicted octanol–water partition coefficient (Wildman–Crippen LogP) is 6.62. The molecule has 7 nitrogen and oxygen atoms in total. The van der Waals surface area contributed by atoms with Crippen molar-refractivity contribution in [3.05, 3.63) is 83.5 Å².